The first-order valence-corrected chi connectivity index (χ1v) is 4.51. The van der Waals surface area contributed by atoms with Crippen LogP contribution in [0.15, 0.2) is 24.3 Å². The lowest BCUT2D eigenvalue weighted by atomic mass is 10.2. The summed E-state index contributed by atoms with van der Waals surface area (Å²) in [4.78, 5) is 21.6. The average molecular weight is 208 g/mol. The lowest BCUT2D eigenvalue weighted by Crippen LogP contribution is -2.20. The van der Waals surface area contributed by atoms with E-state index in [9.17, 15) is 9.59 Å². The minimum atomic E-state index is -1.02. The van der Waals surface area contributed by atoms with Crippen LogP contribution in [-0.4, -0.2) is 23.0 Å². The number of carboxylic acids is 1. The smallest absolute Gasteiger partial charge is 0.335 e. The highest BCUT2D eigenvalue weighted by atomic mass is 16.5. The zero-order valence-corrected chi connectivity index (χ0v) is 8.56. The molecule has 0 fully saturated rings. The number of ketones is 1. The molecular weight excluding hydrogens is 196 g/mol. The third-order valence-electron chi connectivity index (χ3n) is 1.97. The molecule has 0 spiro atoms. The van der Waals surface area contributed by atoms with Gasteiger partial charge < -0.3 is 9.84 Å². The highest BCUT2D eigenvalue weighted by Crippen LogP contribution is 2.15. The number of hydrogen-bond donors (Lipinski definition) is 1. The van der Waals surface area contributed by atoms with Gasteiger partial charge in [-0.3, -0.25) is 4.79 Å². The van der Waals surface area contributed by atoms with Crippen molar-refractivity contribution >= 4 is 11.8 Å². The molecule has 0 saturated heterocycles. The maximum absolute atomic E-state index is 10.9. The van der Waals surface area contributed by atoms with Crippen LogP contribution in [0.2, 0.25) is 0 Å². The van der Waals surface area contributed by atoms with Gasteiger partial charge in [0.2, 0.25) is 0 Å². The van der Waals surface area contributed by atoms with Gasteiger partial charge in [0, 0.05) is 0 Å². The molecule has 80 valence electrons. The molecular formula is C11H12O4. The average Bonchev–Trinajstić information content (AvgIpc) is 2.18. The van der Waals surface area contributed by atoms with Crippen LogP contribution < -0.4 is 4.74 Å². The van der Waals surface area contributed by atoms with Crippen LogP contribution in [0.25, 0.3) is 0 Å². The van der Waals surface area contributed by atoms with Crippen LogP contribution in [0.3, 0.4) is 0 Å². The number of carbonyl (C=O) groups is 2. The Morgan fingerprint density at radius 3 is 2.60 bits per heavy atom. The van der Waals surface area contributed by atoms with E-state index in [-0.39, 0.29) is 11.3 Å². The maximum atomic E-state index is 10.9. The molecule has 1 atom stereocenters. The SMILES string of the molecule is CC(=O)C(C)Oc1cccc(C(=O)O)c1. The summed E-state index contributed by atoms with van der Waals surface area (Å²) in [6.45, 7) is 3.04. The first kappa shape index (κ1) is 11.2. The van der Waals surface area contributed by atoms with Gasteiger partial charge in [-0.1, -0.05) is 6.07 Å². The third-order valence-corrected chi connectivity index (χ3v) is 1.97. The zero-order chi connectivity index (χ0) is 11.4. The Balaban J connectivity index is 2.82. The summed E-state index contributed by atoms with van der Waals surface area (Å²) in [5.41, 5.74) is 0.142. The fraction of sp³-hybridized carbons (Fsp3) is 0.273. The van der Waals surface area contributed by atoms with Gasteiger partial charge in [0.15, 0.2) is 11.9 Å². The minimum Gasteiger partial charge on any atom is -0.483 e. The number of Topliss-reactive ketones (excluding diaryl/α,β-unsaturated/α-hetero) is 1. The Kier molecular flexibility index (Phi) is 3.44. The second kappa shape index (κ2) is 4.59. The van der Waals surface area contributed by atoms with E-state index in [1.807, 2.05) is 0 Å². The van der Waals surface area contributed by atoms with Crippen LogP contribution in [0.1, 0.15) is 24.2 Å². The summed E-state index contributed by atoms with van der Waals surface area (Å²) in [6.07, 6.45) is -0.561. The molecule has 4 heteroatoms. The molecule has 0 aliphatic rings. The topological polar surface area (TPSA) is 63.6 Å². The Labute approximate surface area is 87.5 Å². The second-order valence-corrected chi connectivity index (χ2v) is 3.20. The molecule has 0 aromatic heterocycles. The quantitative estimate of drug-likeness (QED) is 0.818. The van der Waals surface area contributed by atoms with Crippen molar-refractivity contribution < 1.29 is 19.4 Å². The molecule has 4 nitrogen and oxygen atoms in total. The lowest BCUT2D eigenvalue weighted by Gasteiger charge is -2.11. The van der Waals surface area contributed by atoms with Gasteiger partial charge in [-0.05, 0) is 32.0 Å². The van der Waals surface area contributed by atoms with Crippen LogP contribution in [-0.2, 0) is 4.79 Å². The molecule has 1 N–H and O–H groups in total. The van der Waals surface area contributed by atoms with E-state index >= 15 is 0 Å². The van der Waals surface area contributed by atoms with Gasteiger partial charge in [-0.2, -0.15) is 0 Å². The summed E-state index contributed by atoms with van der Waals surface area (Å²) in [7, 11) is 0. The van der Waals surface area contributed by atoms with Gasteiger partial charge in [0.25, 0.3) is 0 Å². The van der Waals surface area contributed by atoms with Crippen molar-refractivity contribution in [2.45, 2.75) is 20.0 Å². The Morgan fingerprint density at radius 2 is 2.07 bits per heavy atom. The van der Waals surface area contributed by atoms with E-state index < -0.39 is 12.1 Å². The number of hydrogen-bond acceptors (Lipinski definition) is 3. The van der Waals surface area contributed by atoms with Gasteiger partial charge in [-0.15, -0.1) is 0 Å². The van der Waals surface area contributed by atoms with E-state index in [1.54, 1.807) is 19.1 Å². The normalized spacial score (nSPS) is 11.9. The van der Waals surface area contributed by atoms with Crippen LogP contribution >= 0.6 is 0 Å². The van der Waals surface area contributed by atoms with Crippen molar-refractivity contribution in [3.63, 3.8) is 0 Å². The minimum absolute atomic E-state index is 0.101. The number of ether oxygens (including phenoxy) is 1. The number of benzene rings is 1. The van der Waals surface area contributed by atoms with E-state index in [2.05, 4.69) is 0 Å². The molecule has 1 aromatic carbocycles. The van der Waals surface area contributed by atoms with E-state index in [1.165, 1.54) is 19.1 Å². The molecule has 15 heavy (non-hydrogen) atoms. The monoisotopic (exact) mass is 208 g/mol. The molecule has 0 amide bonds. The van der Waals surface area contributed by atoms with E-state index in [0.717, 1.165) is 0 Å². The van der Waals surface area contributed by atoms with Gasteiger partial charge in [0.1, 0.15) is 5.75 Å². The predicted octanol–water partition coefficient (Wildman–Crippen LogP) is 1.74. The first-order valence-electron chi connectivity index (χ1n) is 4.51. The fourth-order valence-corrected chi connectivity index (χ4v) is 0.990. The molecule has 0 aliphatic heterocycles. The molecule has 0 bridgehead atoms. The Hall–Kier alpha value is -1.84. The summed E-state index contributed by atoms with van der Waals surface area (Å²) in [5.74, 6) is -0.732. The van der Waals surface area contributed by atoms with Crippen LogP contribution in [0, 0.1) is 0 Å². The Bertz CT molecular complexity index is 384. The van der Waals surface area contributed by atoms with Crippen molar-refractivity contribution in [2.75, 3.05) is 0 Å². The summed E-state index contributed by atoms with van der Waals surface area (Å²) in [6, 6.07) is 6.05. The van der Waals surface area contributed by atoms with Crippen molar-refractivity contribution in [3.05, 3.63) is 29.8 Å². The molecule has 0 aliphatic carbocycles. The number of rotatable bonds is 4. The highest BCUT2D eigenvalue weighted by molar-refractivity contribution is 5.88. The van der Waals surface area contributed by atoms with E-state index in [0.29, 0.717) is 5.75 Å². The maximum Gasteiger partial charge on any atom is 0.335 e. The largest absolute Gasteiger partial charge is 0.483 e. The second-order valence-electron chi connectivity index (χ2n) is 3.20. The number of aromatic carboxylic acids is 1. The lowest BCUT2D eigenvalue weighted by molar-refractivity contribution is -0.122. The summed E-state index contributed by atoms with van der Waals surface area (Å²) < 4.78 is 5.25. The van der Waals surface area contributed by atoms with Gasteiger partial charge in [0.05, 0.1) is 5.56 Å². The number of carboxylic acid groups (broad SMARTS) is 1. The van der Waals surface area contributed by atoms with Crippen molar-refractivity contribution in [1.29, 1.82) is 0 Å². The summed E-state index contributed by atoms with van der Waals surface area (Å²) >= 11 is 0. The van der Waals surface area contributed by atoms with Gasteiger partial charge in [-0.25, -0.2) is 4.79 Å². The zero-order valence-electron chi connectivity index (χ0n) is 8.56. The van der Waals surface area contributed by atoms with Crippen LogP contribution in [0.4, 0.5) is 0 Å². The molecule has 0 heterocycles. The molecule has 1 aromatic rings. The molecule has 0 radical (unpaired) electrons. The number of carbonyl (C=O) groups excluding carboxylic acids is 1. The van der Waals surface area contributed by atoms with Crippen molar-refractivity contribution in [2.24, 2.45) is 0 Å². The first-order chi connectivity index (χ1) is 7.00. The fourth-order valence-electron chi connectivity index (χ4n) is 0.990. The molecule has 0 saturated carbocycles. The molecule has 1 rings (SSSR count). The van der Waals surface area contributed by atoms with Crippen molar-refractivity contribution in [1.82, 2.24) is 0 Å². The van der Waals surface area contributed by atoms with E-state index in [4.69, 9.17) is 9.84 Å². The van der Waals surface area contributed by atoms with Gasteiger partial charge >= 0.3 is 5.97 Å². The third kappa shape index (κ3) is 3.09. The van der Waals surface area contributed by atoms with Crippen molar-refractivity contribution in [3.8, 4) is 5.75 Å². The predicted molar refractivity (Wildman–Crippen MR) is 54.2 cm³/mol. The summed E-state index contributed by atoms with van der Waals surface area (Å²) in [5, 5.41) is 8.73. The molecule has 1 unspecified atom stereocenters. The van der Waals surface area contributed by atoms with Crippen LogP contribution in [0.5, 0.6) is 5.75 Å². The highest BCUT2D eigenvalue weighted by Gasteiger charge is 2.10. The standard InChI is InChI=1S/C11H12O4/c1-7(12)8(2)15-10-5-3-4-9(6-10)11(13)14/h3-6,8H,1-2H3,(H,13,14). The Morgan fingerprint density at radius 1 is 1.40 bits per heavy atom.